The summed E-state index contributed by atoms with van der Waals surface area (Å²) in [6.07, 6.45) is 1.68. The Hall–Kier alpha value is -1.73. The van der Waals surface area contributed by atoms with Gasteiger partial charge in [-0.15, -0.1) is 0 Å². The van der Waals surface area contributed by atoms with Gasteiger partial charge in [0.15, 0.2) is 0 Å². The van der Waals surface area contributed by atoms with Crippen molar-refractivity contribution in [2.45, 2.75) is 25.4 Å². The van der Waals surface area contributed by atoms with Gasteiger partial charge in [0.2, 0.25) is 0 Å². The van der Waals surface area contributed by atoms with E-state index in [0.29, 0.717) is 6.54 Å². The first-order valence-electron chi connectivity index (χ1n) is 7.79. The minimum absolute atomic E-state index is 0.0628. The van der Waals surface area contributed by atoms with Crippen LogP contribution in [0, 0.1) is 11.6 Å². The summed E-state index contributed by atoms with van der Waals surface area (Å²) in [6.45, 7) is 1.66. The number of amides is 2. The maximum Gasteiger partial charge on any atom is 0.317 e. The fraction of sp³-hybridized carbons (Fsp3) is 0.562. The van der Waals surface area contributed by atoms with Gasteiger partial charge in [-0.1, -0.05) is 6.07 Å². The van der Waals surface area contributed by atoms with E-state index < -0.39 is 11.6 Å². The van der Waals surface area contributed by atoms with Crippen molar-refractivity contribution in [3.05, 3.63) is 35.4 Å². The second-order valence-electron chi connectivity index (χ2n) is 5.87. The highest BCUT2D eigenvalue weighted by molar-refractivity contribution is 5.74. The SMILES string of the molecule is CN(CCO)C(=O)NC1CCCN(Cc2c(F)cccc2F)C1. The number of aliphatic hydroxyl groups is 1. The van der Waals surface area contributed by atoms with Crippen LogP contribution < -0.4 is 5.32 Å². The first-order valence-corrected chi connectivity index (χ1v) is 7.79. The molecule has 0 aliphatic carbocycles. The van der Waals surface area contributed by atoms with Gasteiger partial charge in [-0.05, 0) is 31.5 Å². The molecule has 1 aliphatic rings. The van der Waals surface area contributed by atoms with Gasteiger partial charge in [0.05, 0.1) is 6.61 Å². The summed E-state index contributed by atoms with van der Waals surface area (Å²) >= 11 is 0. The third-order valence-corrected chi connectivity index (χ3v) is 4.06. The van der Waals surface area contributed by atoms with E-state index >= 15 is 0 Å². The summed E-state index contributed by atoms with van der Waals surface area (Å²) in [5, 5.41) is 11.7. The highest BCUT2D eigenvalue weighted by Crippen LogP contribution is 2.18. The lowest BCUT2D eigenvalue weighted by atomic mass is 10.0. The molecule has 1 aromatic rings. The molecule has 0 bridgehead atoms. The van der Waals surface area contributed by atoms with Gasteiger partial charge in [-0.2, -0.15) is 0 Å². The zero-order valence-corrected chi connectivity index (χ0v) is 13.3. The predicted octanol–water partition coefficient (Wildman–Crippen LogP) is 1.56. The van der Waals surface area contributed by atoms with Crippen molar-refractivity contribution < 1.29 is 18.7 Å². The Morgan fingerprint density at radius 3 is 2.78 bits per heavy atom. The first kappa shape index (κ1) is 17.6. The molecule has 0 saturated carbocycles. The summed E-state index contributed by atoms with van der Waals surface area (Å²) < 4.78 is 27.5. The molecule has 7 heteroatoms. The van der Waals surface area contributed by atoms with E-state index in [0.717, 1.165) is 19.4 Å². The molecule has 23 heavy (non-hydrogen) atoms. The van der Waals surface area contributed by atoms with E-state index in [4.69, 9.17) is 5.11 Å². The molecule has 0 aromatic heterocycles. The quantitative estimate of drug-likeness (QED) is 0.863. The largest absolute Gasteiger partial charge is 0.395 e. The number of hydrogen-bond donors (Lipinski definition) is 2. The van der Waals surface area contributed by atoms with Gasteiger partial charge >= 0.3 is 6.03 Å². The van der Waals surface area contributed by atoms with Crippen LogP contribution in [0.25, 0.3) is 0 Å². The normalized spacial score (nSPS) is 18.7. The van der Waals surface area contributed by atoms with Crippen LogP contribution in [0.1, 0.15) is 18.4 Å². The van der Waals surface area contributed by atoms with Gasteiger partial charge in [-0.3, -0.25) is 4.90 Å². The third-order valence-electron chi connectivity index (χ3n) is 4.06. The van der Waals surface area contributed by atoms with Crippen LogP contribution in [0.4, 0.5) is 13.6 Å². The number of likely N-dealkylation sites (tertiary alicyclic amines) is 1. The fourth-order valence-corrected chi connectivity index (χ4v) is 2.76. The van der Waals surface area contributed by atoms with E-state index in [2.05, 4.69) is 5.32 Å². The number of hydrogen-bond acceptors (Lipinski definition) is 3. The van der Waals surface area contributed by atoms with E-state index in [9.17, 15) is 13.6 Å². The molecule has 1 aromatic carbocycles. The van der Waals surface area contributed by atoms with Crippen molar-refractivity contribution in [3.63, 3.8) is 0 Å². The Kier molecular flexibility index (Phi) is 6.29. The smallest absolute Gasteiger partial charge is 0.317 e. The molecule has 5 nitrogen and oxygen atoms in total. The van der Waals surface area contributed by atoms with Crippen LogP contribution in [0.3, 0.4) is 0 Å². The number of carbonyl (C=O) groups excluding carboxylic acids is 1. The Morgan fingerprint density at radius 1 is 1.43 bits per heavy atom. The molecule has 1 heterocycles. The number of nitrogens with one attached hydrogen (secondary N) is 1. The van der Waals surface area contributed by atoms with Crippen molar-refractivity contribution in [3.8, 4) is 0 Å². The summed E-state index contributed by atoms with van der Waals surface area (Å²) in [7, 11) is 1.61. The minimum atomic E-state index is -0.543. The van der Waals surface area contributed by atoms with E-state index in [1.165, 1.54) is 23.1 Å². The highest BCUT2D eigenvalue weighted by Gasteiger charge is 2.24. The molecular formula is C16H23F2N3O2. The maximum absolute atomic E-state index is 13.7. The molecule has 0 radical (unpaired) electrons. The summed E-state index contributed by atoms with van der Waals surface area (Å²) in [5.74, 6) is -1.09. The Labute approximate surface area is 134 Å². The number of nitrogens with zero attached hydrogens (tertiary/aromatic N) is 2. The maximum atomic E-state index is 13.7. The average molecular weight is 327 g/mol. The number of benzene rings is 1. The standard InChI is InChI=1S/C16H23F2N3O2/c1-20(8-9-22)16(23)19-12-4-3-7-21(10-12)11-13-14(17)5-2-6-15(13)18/h2,5-6,12,22H,3-4,7-11H2,1H3,(H,19,23). The Balaban J connectivity index is 1.92. The van der Waals surface area contributed by atoms with Crippen molar-refractivity contribution in [2.24, 2.45) is 0 Å². The molecule has 1 saturated heterocycles. The number of halogens is 2. The van der Waals surface area contributed by atoms with E-state index in [1.54, 1.807) is 7.05 Å². The average Bonchev–Trinajstić information content (AvgIpc) is 2.52. The Bertz CT molecular complexity index is 522. The predicted molar refractivity (Wildman–Crippen MR) is 82.9 cm³/mol. The van der Waals surface area contributed by atoms with Crippen LogP contribution in [-0.4, -0.2) is 60.3 Å². The summed E-state index contributed by atoms with van der Waals surface area (Å²) in [6, 6.07) is 3.55. The van der Waals surface area contributed by atoms with Gasteiger partial charge in [0.1, 0.15) is 11.6 Å². The van der Waals surface area contributed by atoms with Gasteiger partial charge in [-0.25, -0.2) is 13.6 Å². The summed E-state index contributed by atoms with van der Waals surface area (Å²) in [5.41, 5.74) is 0.0666. The molecule has 2 N–H and O–H groups in total. The van der Waals surface area contributed by atoms with Crippen LogP contribution in [-0.2, 0) is 6.54 Å². The van der Waals surface area contributed by atoms with Gasteiger partial charge < -0.3 is 15.3 Å². The van der Waals surface area contributed by atoms with Crippen LogP contribution >= 0.6 is 0 Å². The number of aliphatic hydroxyl groups excluding tert-OH is 1. The third kappa shape index (κ3) is 4.87. The highest BCUT2D eigenvalue weighted by atomic mass is 19.1. The summed E-state index contributed by atoms with van der Waals surface area (Å²) in [4.78, 5) is 15.3. The molecule has 0 spiro atoms. The topological polar surface area (TPSA) is 55.8 Å². The number of likely N-dealkylation sites (N-methyl/N-ethyl adjacent to an activating group) is 1. The number of carbonyl (C=O) groups is 1. The molecular weight excluding hydrogens is 304 g/mol. The monoisotopic (exact) mass is 327 g/mol. The number of urea groups is 1. The zero-order valence-electron chi connectivity index (χ0n) is 13.3. The molecule has 128 valence electrons. The molecule has 1 aliphatic heterocycles. The second kappa shape index (κ2) is 8.21. The lowest BCUT2D eigenvalue weighted by Crippen LogP contribution is -2.51. The fourth-order valence-electron chi connectivity index (χ4n) is 2.76. The van der Waals surface area contributed by atoms with Crippen molar-refractivity contribution >= 4 is 6.03 Å². The zero-order chi connectivity index (χ0) is 16.8. The van der Waals surface area contributed by atoms with E-state index in [-0.39, 0.29) is 37.3 Å². The van der Waals surface area contributed by atoms with Crippen molar-refractivity contribution in [1.82, 2.24) is 15.1 Å². The minimum Gasteiger partial charge on any atom is -0.395 e. The Morgan fingerprint density at radius 2 is 2.13 bits per heavy atom. The molecule has 2 rings (SSSR count). The van der Waals surface area contributed by atoms with Gasteiger partial charge in [0, 0.05) is 38.3 Å². The van der Waals surface area contributed by atoms with Crippen molar-refractivity contribution in [1.29, 1.82) is 0 Å². The lowest BCUT2D eigenvalue weighted by Gasteiger charge is -2.34. The van der Waals surface area contributed by atoms with E-state index in [1.807, 2.05) is 4.90 Å². The number of piperidine rings is 1. The van der Waals surface area contributed by atoms with Crippen LogP contribution in [0.5, 0.6) is 0 Å². The molecule has 1 unspecified atom stereocenters. The van der Waals surface area contributed by atoms with Gasteiger partial charge in [0.25, 0.3) is 0 Å². The molecule has 2 amide bonds. The van der Waals surface area contributed by atoms with Crippen molar-refractivity contribution in [2.75, 3.05) is 33.3 Å². The second-order valence-corrected chi connectivity index (χ2v) is 5.87. The van der Waals surface area contributed by atoms with Crippen LogP contribution in [0.2, 0.25) is 0 Å². The number of rotatable bonds is 5. The lowest BCUT2D eigenvalue weighted by molar-refractivity contribution is 0.160. The first-order chi connectivity index (χ1) is 11.0. The van der Waals surface area contributed by atoms with Crippen LogP contribution in [0.15, 0.2) is 18.2 Å². The molecule has 1 fully saturated rings. The molecule has 1 atom stereocenters.